The second-order valence-electron chi connectivity index (χ2n) is 5.07. The summed E-state index contributed by atoms with van der Waals surface area (Å²) in [7, 11) is 0. The molecule has 2 nitrogen and oxygen atoms in total. The number of aliphatic hydroxyl groups is 1. The zero-order valence-electron chi connectivity index (χ0n) is 9.95. The molecule has 1 atom stereocenters. The lowest BCUT2D eigenvalue weighted by Crippen LogP contribution is -2.38. The molecule has 1 fully saturated rings. The highest BCUT2D eigenvalue weighted by molar-refractivity contribution is 5.21. The van der Waals surface area contributed by atoms with Crippen molar-refractivity contribution in [3.8, 4) is 0 Å². The van der Waals surface area contributed by atoms with Crippen molar-refractivity contribution in [1.29, 1.82) is 0 Å². The average Bonchev–Trinajstić information content (AvgIpc) is 2.23. The number of benzene rings is 1. The van der Waals surface area contributed by atoms with Crippen molar-refractivity contribution >= 4 is 0 Å². The van der Waals surface area contributed by atoms with Crippen LogP contribution in [-0.4, -0.2) is 18.2 Å². The molecule has 0 amide bonds. The number of nitrogens with one attached hydrogen (secondary N) is 1. The topological polar surface area (TPSA) is 32.3 Å². The largest absolute Gasteiger partial charge is 0.384 e. The van der Waals surface area contributed by atoms with Crippen LogP contribution < -0.4 is 5.32 Å². The van der Waals surface area contributed by atoms with E-state index in [1.165, 1.54) is 19.3 Å². The molecule has 2 heteroatoms. The van der Waals surface area contributed by atoms with Crippen LogP contribution in [-0.2, 0) is 5.60 Å². The summed E-state index contributed by atoms with van der Waals surface area (Å²) in [6, 6.07) is 9.86. The van der Waals surface area contributed by atoms with Gasteiger partial charge in [0.05, 0.1) is 5.60 Å². The lowest BCUT2D eigenvalue weighted by Gasteiger charge is -2.29. The van der Waals surface area contributed by atoms with Gasteiger partial charge in [-0.05, 0) is 37.8 Å². The highest BCUT2D eigenvalue weighted by Gasteiger charge is 2.23. The molecule has 0 spiro atoms. The van der Waals surface area contributed by atoms with Gasteiger partial charge in [0.15, 0.2) is 0 Å². The van der Waals surface area contributed by atoms with Crippen LogP contribution in [0, 0.1) is 5.92 Å². The maximum Gasteiger partial charge on any atom is 0.0992 e. The predicted octanol–water partition coefficient (Wildman–Crippen LogP) is 2.28. The monoisotopic (exact) mass is 219 g/mol. The molecule has 2 N–H and O–H groups in total. The zero-order valence-corrected chi connectivity index (χ0v) is 9.95. The molecular formula is C14H21NO. The molecule has 0 saturated heterocycles. The van der Waals surface area contributed by atoms with Gasteiger partial charge in [-0.15, -0.1) is 0 Å². The normalized spacial score (nSPS) is 20.1. The van der Waals surface area contributed by atoms with Gasteiger partial charge in [0.1, 0.15) is 0 Å². The smallest absolute Gasteiger partial charge is 0.0992 e. The van der Waals surface area contributed by atoms with Crippen molar-refractivity contribution in [1.82, 2.24) is 5.32 Å². The van der Waals surface area contributed by atoms with Crippen LogP contribution in [0.15, 0.2) is 30.3 Å². The van der Waals surface area contributed by atoms with Crippen LogP contribution in [0.4, 0.5) is 0 Å². The minimum atomic E-state index is -0.759. The Kier molecular flexibility index (Phi) is 3.62. The van der Waals surface area contributed by atoms with Gasteiger partial charge in [-0.25, -0.2) is 0 Å². The van der Waals surface area contributed by atoms with E-state index in [0.29, 0.717) is 6.54 Å². The van der Waals surface area contributed by atoms with E-state index >= 15 is 0 Å². The van der Waals surface area contributed by atoms with E-state index in [1.54, 1.807) is 0 Å². The Morgan fingerprint density at radius 3 is 2.56 bits per heavy atom. The zero-order chi connectivity index (χ0) is 11.4. The van der Waals surface area contributed by atoms with Crippen LogP contribution in [0.25, 0.3) is 0 Å². The molecule has 1 unspecified atom stereocenters. The summed E-state index contributed by atoms with van der Waals surface area (Å²) in [4.78, 5) is 0. The van der Waals surface area contributed by atoms with Gasteiger partial charge in [0, 0.05) is 6.54 Å². The minimum absolute atomic E-state index is 0.632. The Labute approximate surface area is 97.7 Å². The van der Waals surface area contributed by atoms with E-state index in [9.17, 15) is 5.11 Å². The summed E-state index contributed by atoms with van der Waals surface area (Å²) in [6.45, 7) is 3.55. The van der Waals surface area contributed by atoms with Crippen molar-refractivity contribution in [2.24, 2.45) is 5.92 Å². The Morgan fingerprint density at radius 1 is 1.31 bits per heavy atom. The summed E-state index contributed by atoms with van der Waals surface area (Å²) in [5.74, 6) is 0.839. The van der Waals surface area contributed by atoms with Gasteiger partial charge in [0.2, 0.25) is 0 Å². The molecule has 2 rings (SSSR count). The summed E-state index contributed by atoms with van der Waals surface area (Å²) in [5, 5.41) is 13.7. The SMILES string of the molecule is CC(O)(CNCC1CCC1)c1ccccc1. The standard InChI is InChI=1S/C14H21NO/c1-14(16,13-8-3-2-4-9-13)11-15-10-12-6-5-7-12/h2-4,8-9,12,15-16H,5-7,10-11H2,1H3. The van der Waals surface area contributed by atoms with E-state index in [1.807, 2.05) is 37.3 Å². The van der Waals surface area contributed by atoms with Crippen molar-refractivity contribution in [3.05, 3.63) is 35.9 Å². The quantitative estimate of drug-likeness (QED) is 0.796. The molecule has 16 heavy (non-hydrogen) atoms. The van der Waals surface area contributed by atoms with Gasteiger partial charge >= 0.3 is 0 Å². The fraction of sp³-hybridized carbons (Fsp3) is 0.571. The summed E-state index contributed by atoms with van der Waals surface area (Å²) in [5.41, 5.74) is 0.224. The molecule has 1 saturated carbocycles. The molecule has 1 aliphatic rings. The third kappa shape index (κ3) is 2.83. The Morgan fingerprint density at radius 2 is 2.00 bits per heavy atom. The summed E-state index contributed by atoms with van der Waals surface area (Å²) < 4.78 is 0. The van der Waals surface area contributed by atoms with Crippen molar-refractivity contribution < 1.29 is 5.11 Å². The summed E-state index contributed by atoms with van der Waals surface area (Å²) >= 11 is 0. The molecule has 1 aliphatic carbocycles. The highest BCUT2D eigenvalue weighted by atomic mass is 16.3. The Balaban J connectivity index is 1.82. The molecule has 0 radical (unpaired) electrons. The van der Waals surface area contributed by atoms with Gasteiger partial charge < -0.3 is 10.4 Å². The van der Waals surface area contributed by atoms with E-state index in [-0.39, 0.29) is 0 Å². The van der Waals surface area contributed by atoms with Crippen molar-refractivity contribution in [3.63, 3.8) is 0 Å². The van der Waals surface area contributed by atoms with E-state index in [2.05, 4.69) is 5.32 Å². The Hall–Kier alpha value is -0.860. The first kappa shape index (κ1) is 11.6. The molecule has 0 bridgehead atoms. The van der Waals surface area contributed by atoms with E-state index in [0.717, 1.165) is 18.0 Å². The van der Waals surface area contributed by atoms with Crippen LogP contribution in [0.1, 0.15) is 31.7 Å². The molecule has 88 valence electrons. The third-order valence-electron chi connectivity index (χ3n) is 3.52. The highest BCUT2D eigenvalue weighted by Crippen LogP contribution is 2.25. The maximum atomic E-state index is 10.3. The van der Waals surface area contributed by atoms with Gasteiger partial charge in [-0.1, -0.05) is 36.8 Å². The number of rotatable bonds is 5. The van der Waals surface area contributed by atoms with Crippen LogP contribution >= 0.6 is 0 Å². The lowest BCUT2D eigenvalue weighted by molar-refractivity contribution is 0.0548. The first-order chi connectivity index (χ1) is 7.68. The predicted molar refractivity (Wildman–Crippen MR) is 66.2 cm³/mol. The fourth-order valence-corrected chi connectivity index (χ4v) is 2.12. The second-order valence-corrected chi connectivity index (χ2v) is 5.07. The first-order valence-electron chi connectivity index (χ1n) is 6.17. The van der Waals surface area contributed by atoms with E-state index < -0.39 is 5.60 Å². The minimum Gasteiger partial charge on any atom is -0.384 e. The van der Waals surface area contributed by atoms with E-state index in [4.69, 9.17) is 0 Å². The van der Waals surface area contributed by atoms with Crippen LogP contribution in [0.5, 0.6) is 0 Å². The molecule has 0 aliphatic heterocycles. The Bertz CT molecular complexity index is 317. The lowest BCUT2D eigenvalue weighted by atomic mass is 9.85. The fourth-order valence-electron chi connectivity index (χ4n) is 2.12. The van der Waals surface area contributed by atoms with Crippen LogP contribution in [0.3, 0.4) is 0 Å². The number of hydrogen-bond donors (Lipinski definition) is 2. The third-order valence-corrected chi connectivity index (χ3v) is 3.52. The molecule has 1 aromatic carbocycles. The molecule has 1 aromatic rings. The number of hydrogen-bond acceptors (Lipinski definition) is 2. The molecule has 0 heterocycles. The van der Waals surface area contributed by atoms with Gasteiger partial charge in [-0.3, -0.25) is 0 Å². The van der Waals surface area contributed by atoms with Crippen molar-refractivity contribution in [2.75, 3.05) is 13.1 Å². The second kappa shape index (κ2) is 4.98. The molecule has 0 aromatic heterocycles. The average molecular weight is 219 g/mol. The van der Waals surface area contributed by atoms with Crippen LogP contribution in [0.2, 0.25) is 0 Å². The maximum absolute atomic E-state index is 10.3. The first-order valence-corrected chi connectivity index (χ1v) is 6.17. The summed E-state index contributed by atoms with van der Waals surface area (Å²) in [6.07, 6.45) is 4.07. The molecular weight excluding hydrogens is 198 g/mol. The van der Waals surface area contributed by atoms with Gasteiger partial charge in [0.25, 0.3) is 0 Å². The van der Waals surface area contributed by atoms with Crippen molar-refractivity contribution in [2.45, 2.75) is 31.8 Å². The van der Waals surface area contributed by atoms with Gasteiger partial charge in [-0.2, -0.15) is 0 Å².